The van der Waals surface area contributed by atoms with Gasteiger partial charge in [0.1, 0.15) is 0 Å². The minimum absolute atomic E-state index is 0.105. The van der Waals surface area contributed by atoms with Gasteiger partial charge >= 0.3 is 6.18 Å². The number of likely N-dealkylation sites (N-methyl/N-ethyl adjacent to an activating group) is 1. The molecule has 1 spiro atoms. The summed E-state index contributed by atoms with van der Waals surface area (Å²) >= 11 is 0. The van der Waals surface area contributed by atoms with Gasteiger partial charge in [0.05, 0.1) is 29.8 Å². The van der Waals surface area contributed by atoms with E-state index in [1.807, 2.05) is 6.92 Å². The molecule has 5 rings (SSSR count). The van der Waals surface area contributed by atoms with Crippen LogP contribution in [0, 0.1) is 6.92 Å². The summed E-state index contributed by atoms with van der Waals surface area (Å²) in [4.78, 5) is 38.5. The first kappa shape index (κ1) is 27.4. The maximum atomic E-state index is 13.7. The Morgan fingerprint density at radius 3 is 2.65 bits per heavy atom. The molecule has 0 unspecified atom stereocenters. The minimum atomic E-state index is -4.64. The van der Waals surface area contributed by atoms with Crippen molar-refractivity contribution in [2.24, 2.45) is 0 Å². The van der Waals surface area contributed by atoms with Crippen molar-refractivity contribution in [3.8, 4) is 0 Å². The van der Waals surface area contributed by atoms with E-state index in [-0.39, 0.29) is 29.7 Å². The monoisotopic (exact) mass is 554 g/mol. The van der Waals surface area contributed by atoms with Gasteiger partial charge in [-0.3, -0.25) is 9.59 Å². The van der Waals surface area contributed by atoms with Gasteiger partial charge in [0, 0.05) is 55.1 Å². The van der Waals surface area contributed by atoms with Crippen LogP contribution in [0.2, 0.25) is 0 Å². The van der Waals surface area contributed by atoms with Gasteiger partial charge in [0.25, 0.3) is 5.91 Å². The van der Waals surface area contributed by atoms with E-state index >= 15 is 0 Å². The molecule has 210 valence electrons. The van der Waals surface area contributed by atoms with Gasteiger partial charge in [0.2, 0.25) is 11.9 Å². The molecule has 2 aliphatic rings. The number of aryl methyl sites for hydroxylation is 1. The molecule has 1 fully saturated rings. The standard InChI is InChI=1S/C28H29F3N6O3/c1-16-4-5-20(13-22(16)37-15-18-14-33-26(32)35-23(18)27(6-7-27)25(37)39)34-24(38)17-10-19(28(29,30)31)12-21(11-17)36(2)8-9-40-3/h4-5,10-14H,6-9,15H2,1-3H3,(H,34,38)(H2,32,33,35). The molecular formula is C28H29F3N6O3. The highest BCUT2D eigenvalue weighted by atomic mass is 19.4. The highest BCUT2D eigenvalue weighted by Gasteiger charge is 2.58. The largest absolute Gasteiger partial charge is 0.416 e. The number of nitrogens with one attached hydrogen (secondary N) is 1. The van der Waals surface area contributed by atoms with E-state index in [0.29, 0.717) is 43.1 Å². The number of carbonyl (C=O) groups excluding carboxylic acids is 2. The zero-order valence-electron chi connectivity index (χ0n) is 22.3. The van der Waals surface area contributed by atoms with Gasteiger partial charge in [-0.1, -0.05) is 6.07 Å². The number of anilines is 4. The van der Waals surface area contributed by atoms with Crippen molar-refractivity contribution in [1.29, 1.82) is 0 Å². The summed E-state index contributed by atoms with van der Waals surface area (Å²) in [5.41, 5.74) is 7.39. The SMILES string of the molecule is COCCN(C)c1cc(C(=O)Nc2ccc(C)c(N3Cc4cnc(N)nc4C4(CC4)C3=O)c2)cc(C(F)(F)F)c1. The number of carbonyl (C=O) groups is 2. The Hall–Kier alpha value is -4.19. The third-order valence-electron chi connectivity index (χ3n) is 7.41. The number of nitrogen functional groups attached to an aromatic ring is 1. The molecule has 1 aromatic heterocycles. The molecule has 3 aromatic rings. The summed E-state index contributed by atoms with van der Waals surface area (Å²) in [5, 5.41) is 2.70. The predicted molar refractivity (Wildman–Crippen MR) is 144 cm³/mol. The third-order valence-corrected chi connectivity index (χ3v) is 7.41. The molecular weight excluding hydrogens is 525 g/mol. The Balaban J connectivity index is 1.44. The number of aromatic nitrogens is 2. The highest BCUT2D eigenvalue weighted by molar-refractivity contribution is 6.07. The quantitative estimate of drug-likeness (QED) is 0.448. The zero-order valence-corrected chi connectivity index (χ0v) is 22.3. The molecule has 1 saturated carbocycles. The molecule has 1 aliphatic heterocycles. The summed E-state index contributed by atoms with van der Waals surface area (Å²) in [6, 6.07) is 8.29. The van der Waals surface area contributed by atoms with E-state index < -0.39 is 23.1 Å². The zero-order chi connectivity index (χ0) is 28.8. The number of hydrogen-bond donors (Lipinski definition) is 2. The van der Waals surface area contributed by atoms with Gasteiger partial charge in [-0.15, -0.1) is 0 Å². The van der Waals surface area contributed by atoms with Crippen LogP contribution >= 0.6 is 0 Å². The fourth-order valence-corrected chi connectivity index (χ4v) is 4.99. The van der Waals surface area contributed by atoms with Crippen LogP contribution in [0.3, 0.4) is 0 Å². The van der Waals surface area contributed by atoms with E-state index in [1.165, 1.54) is 13.2 Å². The van der Waals surface area contributed by atoms with Gasteiger partial charge in [-0.2, -0.15) is 13.2 Å². The van der Waals surface area contributed by atoms with E-state index in [2.05, 4.69) is 15.3 Å². The summed E-state index contributed by atoms with van der Waals surface area (Å²) in [6.45, 7) is 2.73. The lowest BCUT2D eigenvalue weighted by Gasteiger charge is -2.34. The highest BCUT2D eigenvalue weighted by Crippen LogP contribution is 2.53. The van der Waals surface area contributed by atoms with Crippen molar-refractivity contribution in [3.63, 3.8) is 0 Å². The molecule has 2 amide bonds. The number of nitrogens with zero attached hydrogens (tertiary/aromatic N) is 4. The van der Waals surface area contributed by atoms with E-state index in [9.17, 15) is 22.8 Å². The average molecular weight is 555 g/mol. The molecule has 1 aliphatic carbocycles. The molecule has 0 saturated heterocycles. The van der Waals surface area contributed by atoms with Gasteiger partial charge < -0.3 is 25.6 Å². The van der Waals surface area contributed by atoms with Crippen LogP contribution in [-0.4, -0.2) is 49.1 Å². The molecule has 2 aromatic carbocycles. The van der Waals surface area contributed by atoms with Crippen molar-refractivity contribution in [2.75, 3.05) is 48.2 Å². The van der Waals surface area contributed by atoms with Crippen LogP contribution in [-0.2, 0) is 27.7 Å². The van der Waals surface area contributed by atoms with Gasteiger partial charge in [-0.25, -0.2) is 9.97 Å². The molecule has 0 atom stereocenters. The number of nitrogens with two attached hydrogens (primary N) is 1. The van der Waals surface area contributed by atoms with E-state index in [0.717, 1.165) is 23.3 Å². The first-order valence-electron chi connectivity index (χ1n) is 12.7. The van der Waals surface area contributed by atoms with Crippen LogP contribution in [0.1, 0.15) is 45.6 Å². The minimum Gasteiger partial charge on any atom is -0.383 e. The average Bonchev–Trinajstić information content (AvgIpc) is 3.72. The molecule has 0 bridgehead atoms. The number of ether oxygens (including phenoxy) is 1. The number of rotatable bonds is 7. The Morgan fingerprint density at radius 1 is 1.23 bits per heavy atom. The number of hydrogen-bond acceptors (Lipinski definition) is 7. The second-order valence-electron chi connectivity index (χ2n) is 10.2. The first-order valence-corrected chi connectivity index (χ1v) is 12.7. The number of alkyl halides is 3. The topological polar surface area (TPSA) is 114 Å². The lowest BCUT2D eigenvalue weighted by Crippen LogP contribution is -2.45. The van der Waals surface area contributed by atoms with Crippen LogP contribution in [0.25, 0.3) is 0 Å². The maximum Gasteiger partial charge on any atom is 0.416 e. The fourth-order valence-electron chi connectivity index (χ4n) is 4.99. The van der Waals surface area contributed by atoms with E-state index in [1.54, 1.807) is 41.2 Å². The molecule has 9 nitrogen and oxygen atoms in total. The summed E-state index contributed by atoms with van der Waals surface area (Å²) in [6.07, 6.45) is -1.70. The summed E-state index contributed by atoms with van der Waals surface area (Å²) in [5.74, 6) is -0.693. The van der Waals surface area contributed by atoms with Crippen LogP contribution in [0.4, 0.5) is 36.2 Å². The lowest BCUT2D eigenvalue weighted by atomic mass is 9.91. The predicted octanol–water partition coefficient (Wildman–Crippen LogP) is 4.30. The Bertz CT molecular complexity index is 1490. The number of methoxy groups -OCH3 is 1. The number of halogens is 3. The Kier molecular flexibility index (Phi) is 6.90. The van der Waals surface area contributed by atoms with Crippen LogP contribution in [0.5, 0.6) is 0 Å². The Labute approximate surface area is 229 Å². The molecule has 3 N–H and O–H groups in total. The fraction of sp³-hybridized carbons (Fsp3) is 0.357. The number of amides is 2. The molecule has 12 heteroatoms. The second-order valence-corrected chi connectivity index (χ2v) is 10.2. The molecule has 2 heterocycles. The smallest absolute Gasteiger partial charge is 0.383 e. The van der Waals surface area contributed by atoms with Crippen molar-refractivity contribution >= 4 is 34.8 Å². The maximum absolute atomic E-state index is 13.7. The summed E-state index contributed by atoms with van der Waals surface area (Å²) in [7, 11) is 3.13. The normalized spacial score (nSPS) is 15.7. The van der Waals surface area contributed by atoms with Crippen molar-refractivity contribution in [1.82, 2.24) is 9.97 Å². The molecule has 0 radical (unpaired) electrons. The first-order chi connectivity index (χ1) is 18.9. The summed E-state index contributed by atoms with van der Waals surface area (Å²) < 4.78 is 46.0. The van der Waals surface area contributed by atoms with Crippen LogP contribution < -0.4 is 20.9 Å². The third kappa shape index (κ3) is 5.06. The Morgan fingerprint density at radius 2 is 1.98 bits per heavy atom. The second kappa shape index (κ2) is 10.1. The van der Waals surface area contributed by atoms with Gasteiger partial charge in [0.15, 0.2) is 0 Å². The van der Waals surface area contributed by atoms with Crippen molar-refractivity contribution in [3.05, 3.63) is 70.5 Å². The van der Waals surface area contributed by atoms with Crippen molar-refractivity contribution < 1.29 is 27.5 Å². The van der Waals surface area contributed by atoms with Crippen LogP contribution in [0.15, 0.2) is 42.6 Å². The lowest BCUT2D eigenvalue weighted by molar-refractivity contribution is -0.137. The number of fused-ring (bicyclic) bond motifs is 2. The van der Waals surface area contributed by atoms with Gasteiger partial charge in [-0.05, 0) is 55.7 Å². The van der Waals surface area contributed by atoms with E-state index in [4.69, 9.17) is 10.5 Å². The van der Waals surface area contributed by atoms with Crippen molar-refractivity contribution in [2.45, 2.75) is 37.9 Å². The molecule has 40 heavy (non-hydrogen) atoms. The number of benzene rings is 2.